The molecular formula is C92H62. The van der Waals surface area contributed by atoms with Gasteiger partial charge in [0.15, 0.2) is 0 Å². The maximum atomic E-state index is 2.40. The van der Waals surface area contributed by atoms with E-state index in [-0.39, 0.29) is 0 Å². The predicted octanol–water partition coefficient (Wildman–Crippen LogP) is 25.7. The standard InChI is InChI=1S/C92H62/c1-11-35-63(36-12-1)80-81(64-37-13-2-14-38-64)83(66-41-17-4-18-42-66)88(84(67-43-19-5-20-44-67)82(80)65-39-15-3-16-40-65)74-61-59-73(60-62-74)79-75-55-31-33-57-77(75)91(78-58-34-32-56-76(78)79)92-89(71-51-27-9-28-52-71)86(69-47-23-7-24-48-69)85(68-45-21-6-22-46-68)87(70-49-25-8-26-50-70)90(92)72-53-29-10-30-54-72/h1-62H. The second-order valence-corrected chi connectivity index (χ2v) is 23.6. The van der Waals surface area contributed by atoms with Crippen LogP contribution < -0.4 is 0 Å². The normalized spacial score (nSPS) is 11.3. The molecule has 92 heavy (non-hydrogen) atoms. The van der Waals surface area contributed by atoms with Crippen LogP contribution in [0.15, 0.2) is 376 Å². The Morgan fingerprint density at radius 1 is 0.0761 bits per heavy atom. The topological polar surface area (TPSA) is 0 Å². The van der Waals surface area contributed by atoms with E-state index in [9.17, 15) is 0 Å². The molecule has 16 aromatic carbocycles. The molecule has 0 aliphatic heterocycles. The van der Waals surface area contributed by atoms with Gasteiger partial charge in [0, 0.05) is 0 Å². The lowest BCUT2D eigenvalue weighted by atomic mass is 9.72. The van der Waals surface area contributed by atoms with Gasteiger partial charge in [-0.1, -0.05) is 376 Å². The largest absolute Gasteiger partial charge is 0.0622 e. The molecule has 0 saturated carbocycles. The van der Waals surface area contributed by atoms with Gasteiger partial charge in [0.1, 0.15) is 0 Å². The van der Waals surface area contributed by atoms with Crippen molar-refractivity contribution in [2.75, 3.05) is 0 Å². The first-order valence-electron chi connectivity index (χ1n) is 31.8. The van der Waals surface area contributed by atoms with Crippen LogP contribution in [0.5, 0.6) is 0 Å². The Bertz CT molecular complexity index is 5000. The summed E-state index contributed by atoms with van der Waals surface area (Å²) in [4.78, 5) is 0. The highest BCUT2D eigenvalue weighted by atomic mass is 14.4. The molecule has 0 aliphatic rings. The third kappa shape index (κ3) is 9.92. The molecule has 0 aliphatic carbocycles. The Morgan fingerprint density at radius 2 is 0.196 bits per heavy atom. The number of hydrogen-bond acceptors (Lipinski definition) is 0. The van der Waals surface area contributed by atoms with E-state index < -0.39 is 0 Å². The Balaban J connectivity index is 1.03. The molecule has 0 atom stereocenters. The number of fused-ring (bicyclic) bond motifs is 2. The zero-order valence-corrected chi connectivity index (χ0v) is 50.8. The summed E-state index contributed by atoms with van der Waals surface area (Å²) in [6, 6.07) is 139. The lowest BCUT2D eigenvalue weighted by Crippen LogP contribution is -2.03. The van der Waals surface area contributed by atoms with Crippen molar-refractivity contribution in [2.45, 2.75) is 0 Å². The van der Waals surface area contributed by atoms with Crippen LogP contribution in [0, 0.1) is 0 Å². The van der Waals surface area contributed by atoms with Gasteiger partial charge in [-0.05, 0) is 166 Å². The number of benzene rings is 16. The van der Waals surface area contributed by atoms with Crippen LogP contribution in [-0.4, -0.2) is 0 Å². The molecule has 0 spiro atoms. The van der Waals surface area contributed by atoms with Crippen LogP contribution >= 0.6 is 0 Å². The molecular weight excluding hydrogens is 1110 g/mol. The molecule has 0 heterocycles. The average Bonchev–Trinajstić information content (AvgIpc) is 0.714. The summed E-state index contributed by atoms with van der Waals surface area (Å²) in [5, 5.41) is 4.72. The summed E-state index contributed by atoms with van der Waals surface area (Å²) in [6.07, 6.45) is 0. The van der Waals surface area contributed by atoms with Crippen molar-refractivity contribution in [3.05, 3.63) is 376 Å². The molecule has 16 rings (SSSR count). The SMILES string of the molecule is c1ccc(-c2c(-c3ccccc3)c(-c3ccccc3)c(-c3ccc(-c4c5ccccc5c(-c5c(-c6ccccc6)c(-c6ccccc6)c(-c6ccccc6)c(-c6ccccc6)c5-c5ccccc5)c5ccccc45)cc3)c(-c3ccccc3)c2-c2ccccc2)cc1. The molecule has 430 valence electrons. The van der Waals surface area contributed by atoms with E-state index >= 15 is 0 Å². The van der Waals surface area contributed by atoms with Crippen molar-refractivity contribution < 1.29 is 0 Å². The van der Waals surface area contributed by atoms with Crippen molar-refractivity contribution in [1.29, 1.82) is 0 Å². The quantitative estimate of drug-likeness (QED) is 0.101. The fourth-order valence-electron chi connectivity index (χ4n) is 14.5. The third-order valence-corrected chi connectivity index (χ3v) is 18.3. The fourth-order valence-corrected chi connectivity index (χ4v) is 14.5. The van der Waals surface area contributed by atoms with Gasteiger partial charge < -0.3 is 0 Å². The Hall–Kier alpha value is -12.0. The summed E-state index contributed by atoms with van der Waals surface area (Å²) in [7, 11) is 0. The maximum Gasteiger partial charge on any atom is -0.000138 e. The zero-order valence-electron chi connectivity index (χ0n) is 50.8. The maximum absolute atomic E-state index is 2.40. The van der Waals surface area contributed by atoms with Crippen molar-refractivity contribution in [3.8, 4) is 145 Å². The van der Waals surface area contributed by atoms with Gasteiger partial charge in [-0.2, -0.15) is 0 Å². The van der Waals surface area contributed by atoms with Gasteiger partial charge in [0.25, 0.3) is 0 Å². The van der Waals surface area contributed by atoms with Gasteiger partial charge in [-0.3, -0.25) is 0 Å². The van der Waals surface area contributed by atoms with Crippen molar-refractivity contribution >= 4 is 21.5 Å². The van der Waals surface area contributed by atoms with Crippen molar-refractivity contribution in [3.63, 3.8) is 0 Å². The monoisotopic (exact) mass is 1170 g/mol. The van der Waals surface area contributed by atoms with Gasteiger partial charge in [0.2, 0.25) is 0 Å². The summed E-state index contributed by atoms with van der Waals surface area (Å²) >= 11 is 0. The molecule has 0 nitrogen and oxygen atoms in total. The highest BCUT2D eigenvalue weighted by molar-refractivity contribution is 6.27. The van der Waals surface area contributed by atoms with E-state index in [4.69, 9.17) is 0 Å². The number of hydrogen-bond donors (Lipinski definition) is 0. The lowest BCUT2D eigenvalue weighted by molar-refractivity contribution is 1.51. The van der Waals surface area contributed by atoms with Crippen molar-refractivity contribution in [1.82, 2.24) is 0 Å². The molecule has 0 N–H and O–H groups in total. The lowest BCUT2D eigenvalue weighted by Gasteiger charge is -2.30. The molecule has 0 saturated heterocycles. The Morgan fingerprint density at radius 3 is 0.370 bits per heavy atom. The molecule has 0 radical (unpaired) electrons. The van der Waals surface area contributed by atoms with Crippen LogP contribution in [0.25, 0.3) is 166 Å². The minimum Gasteiger partial charge on any atom is -0.0622 e. The van der Waals surface area contributed by atoms with E-state index in [0.29, 0.717) is 0 Å². The van der Waals surface area contributed by atoms with E-state index in [1.54, 1.807) is 0 Å². The van der Waals surface area contributed by atoms with Gasteiger partial charge in [-0.15, -0.1) is 0 Å². The summed E-state index contributed by atoms with van der Waals surface area (Å²) in [5.41, 5.74) is 30.5. The van der Waals surface area contributed by atoms with Crippen LogP contribution in [0.2, 0.25) is 0 Å². The Labute approximate surface area is 539 Å². The third-order valence-electron chi connectivity index (χ3n) is 18.3. The van der Waals surface area contributed by atoms with Crippen LogP contribution in [0.1, 0.15) is 0 Å². The highest BCUT2D eigenvalue weighted by Gasteiger charge is 2.33. The number of rotatable bonds is 13. The first-order chi connectivity index (χ1) is 45.8. The Kier molecular flexibility index (Phi) is 14.8. The molecule has 0 bridgehead atoms. The van der Waals surface area contributed by atoms with E-state index in [1.807, 2.05) is 0 Å². The van der Waals surface area contributed by atoms with E-state index in [0.717, 1.165) is 66.8 Å². The summed E-state index contributed by atoms with van der Waals surface area (Å²) < 4.78 is 0. The molecule has 0 amide bonds. The first kappa shape index (κ1) is 55.4. The average molecular weight is 1170 g/mol. The predicted molar refractivity (Wildman–Crippen MR) is 392 cm³/mol. The van der Waals surface area contributed by atoms with Crippen LogP contribution in [0.4, 0.5) is 0 Å². The molecule has 0 heteroatoms. The van der Waals surface area contributed by atoms with Gasteiger partial charge >= 0.3 is 0 Å². The second kappa shape index (κ2) is 24.5. The molecule has 0 fully saturated rings. The summed E-state index contributed by atoms with van der Waals surface area (Å²) in [5.74, 6) is 0. The van der Waals surface area contributed by atoms with E-state index in [1.165, 1.54) is 99.4 Å². The van der Waals surface area contributed by atoms with Crippen LogP contribution in [0.3, 0.4) is 0 Å². The smallest absolute Gasteiger partial charge is 0.000138 e. The fraction of sp³-hybridized carbons (Fsp3) is 0. The van der Waals surface area contributed by atoms with Crippen molar-refractivity contribution in [2.24, 2.45) is 0 Å². The minimum atomic E-state index is 1.13. The zero-order chi connectivity index (χ0) is 61.2. The molecule has 0 aromatic heterocycles. The minimum absolute atomic E-state index is 1.13. The molecule has 0 unspecified atom stereocenters. The molecule has 16 aromatic rings. The first-order valence-corrected chi connectivity index (χ1v) is 31.8. The second-order valence-electron chi connectivity index (χ2n) is 23.6. The van der Waals surface area contributed by atoms with Crippen LogP contribution in [-0.2, 0) is 0 Å². The highest BCUT2D eigenvalue weighted by Crippen LogP contribution is 2.60. The summed E-state index contributed by atoms with van der Waals surface area (Å²) in [6.45, 7) is 0. The van der Waals surface area contributed by atoms with Gasteiger partial charge in [0.05, 0.1) is 0 Å². The van der Waals surface area contributed by atoms with E-state index in [2.05, 4.69) is 376 Å². The van der Waals surface area contributed by atoms with Gasteiger partial charge in [-0.25, -0.2) is 0 Å².